The number of nitrogens with one attached hydrogen (secondary N) is 1. The predicted octanol–water partition coefficient (Wildman–Crippen LogP) is 3.08. The van der Waals surface area contributed by atoms with Crippen LogP contribution in [-0.4, -0.2) is 29.3 Å². The molecule has 0 aliphatic rings. The molecule has 2 rings (SSSR count). The van der Waals surface area contributed by atoms with Crippen molar-refractivity contribution in [2.24, 2.45) is 0 Å². The number of ether oxygens (including phenoxy) is 1. The van der Waals surface area contributed by atoms with Gasteiger partial charge in [-0.2, -0.15) is 0 Å². The summed E-state index contributed by atoms with van der Waals surface area (Å²) in [5, 5.41) is 3.36. The Morgan fingerprint density at radius 3 is 3.05 bits per heavy atom. The molecular formula is C16H23N3O. The lowest BCUT2D eigenvalue weighted by molar-refractivity contribution is 0.147. The number of aryl methyl sites for hydroxylation is 1. The Kier molecular flexibility index (Phi) is 5.62. The molecule has 0 amide bonds. The molecule has 0 radical (unpaired) electrons. The molecule has 0 fully saturated rings. The molecule has 20 heavy (non-hydrogen) atoms. The van der Waals surface area contributed by atoms with Crippen molar-refractivity contribution < 1.29 is 4.74 Å². The fourth-order valence-corrected chi connectivity index (χ4v) is 2.13. The van der Waals surface area contributed by atoms with Crippen LogP contribution in [-0.2, 0) is 11.3 Å². The molecule has 4 heteroatoms. The van der Waals surface area contributed by atoms with Crippen LogP contribution in [0, 0.1) is 6.92 Å². The van der Waals surface area contributed by atoms with Crippen molar-refractivity contribution in [2.45, 2.75) is 26.8 Å². The van der Waals surface area contributed by atoms with Gasteiger partial charge in [-0.25, -0.2) is 4.98 Å². The van der Waals surface area contributed by atoms with Crippen LogP contribution in [0.3, 0.4) is 0 Å². The molecule has 4 nitrogen and oxygen atoms in total. The van der Waals surface area contributed by atoms with Crippen LogP contribution in [0.4, 0.5) is 5.95 Å². The van der Waals surface area contributed by atoms with Gasteiger partial charge in [0.1, 0.15) is 0 Å². The Hall–Kier alpha value is -1.81. The predicted molar refractivity (Wildman–Crippen MR) is 82.1 cm³/mol. The average molecular weight is 273 g/mol. The monoisotopic (exact) mass is 273 g/mol. The van der Waals surface area contributed by atoms with Gasteiger partial charge in [0.2, 0.25) is 5.95 Å². The Morgan fingerprint density at radius 2 is 2.25 bits per heavy atom. The second-order valence-electron chi connectivity index (χ2n) is 4.85. The van der Waals surface area contributed by atoms with E-state index >= 15 is 0 Å². The molecule has 0 bridgehead atoms. The van der Waals surface area contributed by atoms with Gasteiger partial charge in [-0.3, -0.25) is 0 Å². The lowest BCUT2D eigenvalue weighted by Gasteiger charge is -2.10. The van der Waals surface area contributed by atoms with E-state index < -0.39 is 0 Å². The van der Waals surface area contributed by atoms with Crippen molar-refractivity contribution in [3.05, 3.63) is 47.8 Å². The fraction of sp³-hybridized carbons (Fsp3) is 0.438. The summed E-state index contributed by atoms with van der Waals surface area (Å²) in [6.45, 7) is 7.43. The second kappa shape index (κ2) is 7.70. The molecule has 108 valence electrons. The Bertz CT molecular complexity index is 522. The van der Waals surface area contributed by atoms with E-state index in [0.29, 0.717) is 0 Å². The van der Waals surface area contributed by atoms with Gasteiger partial charge in [0, 0.05) is 32.2 Å². The molecule has 1 heterocycles. The summed E-state index contributed by atoms with van der Waals surface area (Å²) in [5.74, 6) is 0.919. The summed E-state index contributed by atoms with van der Waals surface area (Å²) in [7, 11) is 0. The highest BCUT2D eigenvalue weighted by molar-refractivity contribution is 5.29. The summed E-state index contributed by atoms with van der Waals surface area (Å²) < 4.78 is 7.46. The molecule has 0 spiro atoms. The van der Waals surface area contributed by atoms with E-state index in [0.717, 1.165) is 38.7 Å². The minimum Gasteiger partial charge on any atom is -0.382 e. The van der Waals surface area contributed by atoms with Crippen molar-refractivity contribution in [3.8, 4) is 0 Å². The van der Waals surface area contributed by atoms with Gasteiger partial charge in [-0.1, -0.05) is 29.8 Å². The zero-order valence-electron chi connectivity index (χ0n) is 12.3. The van der Waals surface area contributed by atoms with Crippen molar-refractivity contribution >= 4 is 5.95 Å². The molecule has 1 N–H and O–H groups in total. The zero-order chi connectivity index (χ0) is 14.2. The number of benzene rings is 1. The molecule has 0 atom stereocenters. The van der Waals surface area contributed by atoms with E-state index in [1.165, 1.54) is 11.1 Å². The number of hydrogen-bond donors (Lipinski definition) is 1. The number of aromatic nitrogens is 2. The topological polar surface area (TPSA) is 39.1 Å². The van der Waals surface area contributed by atoms with Crippen molar-refractivity contribution in [1.29, 1.82) is 0 Å². The summed E-state index contributed by atoms with van der Waals surface area (Å²) in [6.07, 6.45) is 4.83. The van der Waals surface area contributed by atoms with Gasteiger partial charge < -0.3 is 14.6 Å². The van der Waals surface area contributed by atoms with Crippen LogP contribution in [0.1, 0.15) is 24.5 Å². The lowest BCUT2D eigenvalue weighted by atomic mass is 10.1. The SMILES string of the molecule is CCOCCCNc1nccn1Cc1cccc(C)c1. The highest BCUT2D eigenvalue weighted by atomic mass is 16.5. The maximum atomic E-state index is 5.32. The fourth-order valence-electron chi connectivity index (χ4n) is 2.13. The molecule has 0 aliphatic heterocycles. The largest absolute Gasteiger partial charge is 0.382 e. The van der Waals surface area contributed by atoms with Crippen LogP contribution in [0.2, 0.25) is 0 Å². The number of hydrogen-bond acceptors (Lipinski definition) is 3. The lowest BCUT2D eigenvalue weighted by Crippen LogP contribution is -2.11. The van der Waals surface area contributed by atoms with Crippen LogP contribution in [0.25, 0.3) is 0 Å². The van der Waals surface area contributed by atoms with E-state index in [1.54, 1.807) is 0 Å². The van der Waals surface area contributed by atoms with E-state index in [-0.39, 0.29) is 0 Å². The molecule has 0 unspecified atom stereocenters. The summed E-state index contributed by atoms with van der Waals surface area (Å²) in [6, 6.07) is 8.56. The minimum atomic E-state index is 0.780. The normalized spacial score (nSPS) is 10.7. The third-order valence-electron chi connectivity index (χ3n) is 3.10. The van der Waals surface area contributed by atoms with E-state index in [2.05, 4.69) is 46.1 Å². The van der Waals surface area contributed by atoms with Gasteiger partial charge in [0.25, 0.3) is 0 Å². The van der Waals surface area contributed by atoms with Crippen LogP contribution < -0.4 is 5.32 Å². The van der Waals surface area contributed by atoms with Crippen molar-refractivity contribution in [2.75, 3.05) is 25.1 Å². The highest BCUT2D eigenvalue weighted by Gasteiger charge is 2.03. The van der Waals surface area contributed by atoms with Gasteiger partial charge in [-0.05, 0) is 25.8 Å². The standard InChI is InChI=1S/C16H23N3O/c1-3-20-11-5-8-17-16-18-9-10-19(16)13-15-7-4-6-14(2)12-15/h4,6-7,9-10,12H,3,5,8,11,13H2,1-2H3,(H,17,18). The second-order valence-corrected chi connectivity index (χ2v) is 4.85. The number of anilines is 1. The third-order valence-corrected chi connectivity index (χ3v) is 3.10. The summed E-state index contributed by atoms with van der Waals surface area (Å²) in [4.78, 5) is 4.36. The molecule has 0 saturated heterocycles. The first kappa shape index (κ1) is 14.6. The molecule has 0 aliphatic carbocycles. The first-order valence-electron chi connectivity index (χ1n) is 7.18. The van der Waals surface area contributed by atoms with Crippen LogP contribution >= 0.6 is 0 Å². The summed E-state index contributed by atoms with van der Waals surface area (Å²) >= 11 is 0. The maximum Gasteiger partial charge on any atom is 0.203 e. The molecule has 0 saturated carbocycles. The van der Waals surface area contributed by atoms with Gasteiger partial charge in [0.05, 0.1) is 6.54 Å². The van der Waals surface area contributed by atoms with Crippen LogP contribution in [0.15, 0.2) is 36.7 Å². The van der Waals surface area contributed by atoms with Gasteiger partial charge >= 0.3 is 0 Å². The summed E-state index contributed by atoms with van der Waals surface area (Å²) in [5.41, 5.74) is 2.58. The Labute approximate surface area is 120 Å². The average Bonchev–Trinajstić information content (AvgIpc) is 2.86. The maximum absolute atomic E-state index is 5.32. The Balaban J connectivity index is 1.88. The van der Waals surface area contributed by atoms with Crippen molar-refractivity contribution in [1.82, 2.24) is 9.55 Å². The smallest absolute Gasteiger partial charge is 0.203 e. The highest BCUT2D eigenvalue weighted by Crippen LogP contribution is 2.10. The first-order valence-corrected chi connectivity index (χ1v) is 7.18. The first-order chi connectivity index (χ1) is 9.79. The zero-order valence-corrected chi connectivity index (χ0v) is 12.3. The molecule has 2 aromatic rings. The number of nitrogens with zero attached hydrogens (tertiary/aromatic N) is 2. The Morgan fingerprint density at radius 1 is 1.35 bits per heavy atom. The number of imidazole rings is 1. The van der Waals surface area contributed by atoms with E-state index in [9.17, 15) is 0 Å². The van der Waals surface area contributed by atoms with E-state index in [4.69, 9.17) is 4.74 Å². The van der Waals surface area contributed by atoms with Gasteiger partial charge in [-0.15, -0.1) is 0 Å². The van der Waals surface area contributed by atoms with Gasteiger partial charge in [0.15, 0.2) is 0 Å². The van der Waals surface area contributed by atoms with Crippen LogP contribution in [0.5, 0.6) is 0 Å². The molecule has 1 aromatic heterocycles. The third kappa shape index (κ3) is 4.38. The minimum absolute atomic E-state index is 0.780. The van der Waals surface area contributed by atoms with Crippen molar-refractivity contribution in [3.63, 3.8) is 0 Å². The molecular weight excluding hydrogens is 250 g/mol. The molecule has 1 aromatic carbocycles. The number of rotatable bonds is 8. The van der Waals surface area contributed by atoms with E-state index in [1.807, 2.05) is 19.3 Å². The quantitative estimate of drug-likeness (QED) is 0.751.